The molecule has 2 aliphatic rings. The average Bonchev–Trinajstić information content (AvgIpc) is 3.04. The number of rotatable bonds is 7. The highest BCUT2D eigenvalue weighted by Gasteiger charge is 2.39. The molecule has 0 spiro atoms. The van der Waals surface area contributed by atoms with Crippen LogP contribution in [0.1, 0.15) is 43.7 Å². The number of fused-ring (bicyclic) bond motifs is 3. The maximum atomic E-state index is 12.9. The van der Waals surface area contributed by atoms with Crippen LogP contribution in [0.4, 0.5) is 4.79 Å². The van der Waals surface area contributed by atoms with Crippen LogP contribution in [0.5, 0.6) is 0 Å². The van der Waals surface area contributed by atoms with Crippen molar-refractivity contribution in [2.45, 2.75) is 44.7 Å². The highest BCUT2D eigenvalue weighted by molar-refractivity contribution is 5.90. The molecule has 168 valence electrons. The minimum absolute atomic E-state index is 0.0723. The predicted octanol–water partition coefficient (Wildman–Crippen LogP) is 3.63. The highest BCUT2D eigenvalue weighted by atomic mass is 16.5. The van der Waals surface area contributed by atoms with Crippen molar-refractivity contribution in [2.24, 2.45) is 5.92 Å². The van der Waals surface area contributed by atoms with E-state index >= 15 is 0 Å². The fourth-order valence-electron chi connectivity index (χ4n) is 4.73. The first-order valence-corrected chi connectivity index (χ1v) is 11.0. The van der Waals surface area contributed by atoms with E-state index in [0.717, 1.165) is 28.7 Å². The number of hydrogen-bond acceptors (Lipinski definition) is 4. The standard InChI is InChI=1S/C25H28N2O5/c1-15(2)22-11-12-27(22)24(30)21(13-23(28)29)26-25(31)32-14-20-18-9-5-3-7-16(18)17-8-4-6-10-19(17)20/h3-10,15,20-22H,11-14H2,1-2H3,(H,26,31)(H,28,29). The van der Waals surface area contributed by atoms with Gasteiger partial charge in [0.1, 0.15) is 12.6 Å². The summed E-state index contributed by atoms with van der Waals surface area (Å²) >= 11 is 0. The number of carbonyl (C=O) groups is 3. The number of aliphatic carboxylic acids is 1. The van der Waals surface area contributed by atoms with Crippen molar-refractivity contribution in [2.75, 3.05) is 13.2 Å². The monoisotopic (exact) mass is 436 g/mol. The molecule has 7 heteroatoms. The zero-order valence-electron chi connectivity index (χ0n) is 18.3. The molecule has 4 rings (SSSR count). The lowest BCUT2D eigenvalue weighted by Crippen LogP contribution is -2.59. The Morgan fingerprint density at radius 3 is 2.16 bits per heavy atom. The fraction of sp³-hybridized carbons (Fsp3) is 0.400. The van der Waals surface area contributed by atoms with Gasteiger partial charge in [0.05, 0.1) is 6.42 Å². The minimum Gasteiger partial charge on any atom is -0.481 e. The summed E-state index contributed by atoms with van der Waals surface area (Å²) < 4.78 is 5.49. The van der Waals surface area contributed by atoms with E-state index in [4.69, 9.17) is 4.74 Å². The third-order valence-corrected chi connectivity index (χ3v) is 6.43. The first-order valence-electron chi connectivity index (χ1n) is 11.0. The van der Waals surface area contributed by atoms with Gasteiger partial charge in [-0.15, -0.1) is 0 Å². The van der Waals surface area contributed by atoms with E-state index in [1.807, 2.05) is 62.4 Å². The lowest BCUT2D eigenvalue weighted by Gasteiger charge is -2.45. The highest BCUT2D eigenvalue weighted by Crippen LogP contribution is 2.44. The van der Waals surface area contributed by atoms with Crippen molar-refractivity contribution in [1.82, 2.24) is 10.2 Å². The van der Waals surface area contributed by atoms with Crippen LogP contribution in [0.2, 0.25) is 0 Å². The average molecular weight is 437 g/mol. The maximum Gasteiger partial charge on any atom is 0.407 e. The number of nitrogens with zero attached hydrogens (tertiary/aromatic N) is 1. The Morgan fingerprint density at radius 1 is 1.06 bits per heavy atom. The summed E-state index contributed by atoms with van der Waals surface area (Å²) in [6.45, 7) is 4.72. The summed E-state index contributed by atoms with van der Waals surface area (Å²) in [6.07, 6.45) is -0.383. The molecule has 32 heavy (non-hydrogen) atoms. The molecule has 0 bridgehead atoms. The summed E-state index contributed by atoms with van der Waals surface area (Å²) in [6, 6.07) is 14.9. The zero-order chi connectivity index (χ0) is 22.8. The van der Waals surface area contributed by atoms with E-state index < -0.39 is 24.5 Å². The topological polar surface area (TPSA) is 95.9 Å². The first kappa shape index (κ1) is 21.9. The van der Waals surface area contributed by atoms with Gasteiger partial charge in [0.15, 0.2) is 0 Å². The van der Waals surface area contributed by atoms with Gasteiger partial charge < -0.3 is 20.1 Å². The van der Waals surface area contributed by atoms with Gasteiger partial charge >= 0.3 is 12.1 Å². The second-order valence-electron chi connectivity index (χ2n) is 8.75. The normalized spacial score (nSPS) is 17.8. The van der Waals surface area contributed by atoms with Crippen LogP contribution in [0, 0.1) is 5.92 Å². The van der Waals surface area contributed by atoms with Gasteiger partial charge in [-0.1, -0.05) is 62.4 Å². The number of likely N-dealkylation sites (tertiary alicyclic amines) is 1. The SMILES string of the molecule is CC(C)C1CCN1C(=O)C(CC(=O)O)NC(=O)OCC1c2ccccc2-c2ccccc21. The van der Waals surface area contributed by atoms with Crippen LogP contribution < -0.4 is 5.32 Å². The van der Waals surface area contributed by atoms with E-state index in [1.54, 1.807) is 4.90 Å². The molecular formula is C25H28N2O5. The number of hydrogen-bond donors (Lipinski definition) is 2. The van der Waals surface area contributed by atoms with Gasteiger partial charge in [0, 0.05) is 18.5 Å². The summed E-state index contributed by atoms with van der Waals surface area (Å²) in [4.78, 5) is 38.4. The van der Waals surface area contributed by atoms with Crippen LogP contribution in [0.3, 0.4) is 0 Å². The number of amides is 2. The smallest absolute Gasteiger partial charge is 0.407 e. The van der Waals surface area contributed by atoms with Crippen LogP contribution in [-0.4, -0.2) is 53.2 Å². The van der Waals surface area contributed by atoms with Crippen molar-refractivity contribution in [3.05, 3.63) is 59.7 Å². The summed E-state index contributed by atoms with van der Waals surface area (Å²) in [5.41, 5.74) is 4.40. The zero-order valence-corrected chi connectivity index (χ0v) is 18.3. The Morgan fingerprint density at radius 2 is 1.66 bits per heavy atom. The fourth-order valence-corrected chi connectivity index (χ4v) is 4.73. The number of carboxylic acid groups (broad SMARTS) is 1. The second kappa shape index (κ2) is 9.02. The molecule has 1 heterocycles. The van der Waals surface area contributed by atoms with Crippen LogP contribution in [0.25, 0.3) is 11.1 Å². The molecule has 0 radical (unpaired) electrons. The van der Waals surface area contributed by atoms with Gasteiger partial charge in [-0.25, -0.2) is 4.79 Å². The number of ether oxygens (including phenoxy) is 1. The molecule has 2 N–H and O–H groups in total. The van der Waals surface area contributed by atoms with E-state index in [1.165, 1.54) is 0 Å². The Kier molecular flexibility index (Phi) is 6.17. The molecule has 7 nitrogen and oxygen atoms in total. The summed E-state index contributed by atoms with van der Waals surface area (Å²) in [5.74, 6) is -1.36. The molecular weight excluding hydrogens is 408 g/mol. The van der Waals surface area contributed by atoms with E-state index in [9.17, 15) is 19.5 Å². The second-order valence-corrected chi connectivity index (χ2v) is 8.75. The Hall–Kier alpha value is -3.35. The quantitative estimate of drug-likeness (QED) is 0.691. The third kappa shape index (κ3) is 4.20. The van der Waals surface area contributed by atoms with Gasteiger partial charge in [-0.2, -0.15) is 0 Å². The van der Waals surface area contributed by atoms with Crippen LogP contribution >= 0.6 is 0 Å². The first-order chi connectivity index (χ1) is 15.4. The molecule has 2 amide bonds. The van der Waals surface area contributed by atoms with Crippen molar-refractivity contribution >= 4 is 18.0 Å². The predicted molar refractivity (Wildman–Crippen MR) is 119 cm³/mol. The van der Waals surface area contributed by atoms with Gasteiger partial charge in [-0.3, -0.25) is 9.59 Å². The van der Waals surface area contributed by atoms with Crippen molar-refractivity contribution < 1.29 is 24.2 Å². The third-order valence-electron chi connectivity index (χ3n) is 6.43. The van der Waals surface area contributed by atoms with Crippen LogP contribution in [-0.2, 0) is 14.3 Å². The molecule has 2 atom stereocenters. The Bertz CT molecular complexity index is 989. The maximum absolute atomic E-state index is 12.9. The Balaban J connectivity index is 1.43. The van der Waals surface area contributed by atoms with Crippen molar-refractivity contribution in [1.29, 1.82) is 0 Å². The Labute approximate surface area is 187 Å². The molecule has 2 unspecified atom stereocenters. The number of nitrogens with one attached hydrogen (secondary N) is 1. The van der Waals surface area contributed by atoms with Crippen molar-refractivity contribution in [3.63, 3.8) is 0 Å². The molecule has 1 saturated heterocycles. The number of alkyl carbamates (subject to hydrolysis) is 1. The molecule has 1 fully saturated rings. The van der Waals surface area contributed by atoms with E-state index in [2.05, 4.69) is 5.32 Å². The van der Waals surface area contributed by atoms with Crippen molar-refractivity contribution in [3.8, 4) is 11.1 Å². The van der Waals surface area contributed by atoms with Crippen LogP contribution in [0.15, 0.2) is 48.5 Å². The molecule has 2 aromatic rings. The van der Waals surface area contributed by atoms with E-state index in [-0.39, 0.29) is 30.4 Å². The van der Waals surface area contributed by atoms with Gasteiger partial charge in [0.25, 0.3) is 0 Å². The largest absolute Gasteiger partial charge is 0.481 e. The summed E-state index contributed by atoms with van der Waals surface area (Å²) in [7, 11) is 0. The summed E-state index contributed by atoms with van der Waals surface area (Å²) in [5, 5.41) is 11.7. The number of carboxylic acids is 1. The number of carbonyl (C=O) groups excluding carboxylic acids is 2. The lowest BCUT2D eigenvalue weighted by molar-refractivity contribution is -0.147. The molecule has 2 aromatic carbocycles. The molecule has 1 aliphatic heterocycles. The number of benzene rings is 2. The van der Waals surface area contributed by atoms with Gasteiger partial charge in [-0.05, 0) is 34.6 Å². The van der Waals surface area contributed by atoms with E-state index in [0.29, 0.717) is 6.54 Å². The lowest BCUT2D eigenvalue weighted by atomic mass is 9.91. The molecule has 0 aromatic heterocycles. The van der Waals surface area contributed by atoms with Gasteiger partial charge in [0.2, 0.25) is 5.91 Å². The molecule has 1 aliphatic carbocycles. The minimum atomic E-state index is -1.15. The molecule has 0 saturated carbocycles.